The van der Waals surface area contributed by atoms with E-state index in [1.54, 1.807) is 0 Å². The van der Waals surface area contributed by atoms with E-state index in [0.717, 1.165) is 65.2 Å². The number of hydrogen-bond acceptors (Lipinski definition) is 4. The number of halogens is 2. The summed E-state index contributed by atoms with van der Waals surface area (Å²) in [5, 5.41) is 0. The molecular weight excluding hydrogens is 720 g/mol. The zero-order valence-electron chi connectivity index (χ0n) is 25.7. The molecule has 6 aromatic rings. The Morgan fingerprint density at radius 2 is 0.521 bits per heavy atom. The van der Waals surface area contributed by atoms with E-state index < -0.39 is 11.3 Å². The lowest BCUT2D eigenvalue weighted by Gasteiger charge is -2.39. The summed E-state index contributed by atoms with van der Waals surface area (Å²) in [6.45, 7) is 0. The van der Waals surface area contributed by atoms with Crippen LogP contribution in [-0.2, 0) is 11.3 Å². The van der Waals surface area contributed by atoms with E-state index in [2.05, 4.69) is 92.5 Å². The topological polar surface area (TPSA) is 49.4 Å². The number of nitrogens with zero attached hydrogens (tertiary/aromatic N) is 4. The molecule has 0 aromatic heterocycles. The molecule has 230 valence electrons. The summed E-state index contributed by atoms with van der Waals surface area (Å²) in [5.74, 6) is 0. The van der Waals surface area contributed by atoms with Crippen molar-refractivity contribution in [3.8, 4) is 0 Å². The minimum Gasteiger partial charge on any atom is -0.243 e. The molecule has 0 saturated heterocycles. The maximum atomic E-state index is 5.75. The van der Waals surface area contributed by atoms with Crippen LogP contribution in [0.25, 0.3) is 0 Å². The summed E-state index contributed by atoms with van der Waals surface area (Å²) >= 11 is 7.86. The van der Waals surface area contributed by atoms with Crippen molar-refractivity contribution in [2.24, 2.45) is 20.0 Å². The lowest BCUT2D eigenvalue weighted by molar-refractivity contribution is 0.255. The SMILES string of the molecule is Brc1ccccc1C1(C2(c3ccccc3Br)N=C(c3ccccc3)C(c3ccccc3)=N2)N=C(c2ccccc2)C(c2ccccc2)=N1. The summed E-state index contributed by atoms with van der Waals surface area (Å²) in [4.78, 5) is 23.0. The predicted octanol–water partition coefficient (Wildman–Crippen LogP) is 10.2. The molecule has 48 heavy (non-hydrogen) atoms. The van der Waals surface area contributed by atoms with Crippen LogP contribution in [0.4, 0.5) is 0 Å². The molecule has 0 atom stereocenters. The Morgan fingerprint density at radius 3 is 0.771 bits per heavy atom. The second-order valence-electron chi connectivity index (χ2n) is 11.6. The first kappa shape index (κ1) is 30.3. The Labute approximate surface area is 296 Å². The van der Waals surface area contributed by atoms with Crippen molar-refractivity contribution in [1.82, 2.24) is 0 Å². The largest absolute Gasteiger partial charge is 0.243 e. The molecule has 0 radical (unpaired) electrons. The van der Waals surface area contributed by atoms with Crippen LogP contribution in [0.3, 0.4) is 0 Å². The fourth-order valence-corrected chi connectivity index (χ4v) is 7.64. The quantitative estimate of drug-likeness (QED) is 0.156. The predicted molar refractivity (Wildman–Crippen MR) is 204 cm³/mol. The highest BCUT2D eigenvalue weighted by molar-refractivity contribution is 9.10. The van der Waals surface area contributed by atoms with Crippen molar-refractivity contribution in [2.75, 3.05) is 0 Å². The third-order valence-corrected chi connectivity index (χ3v) is 10.1. The molecule has 0 unspecified atom stereocenters. The van der Waals surface area contributed by atoms with Gasteiger partial charge in [-0.3, -0.25) is 0 Å². The van der Waals surface area contributed by atoms with Crippen molar-refractivity contribution in [2.45, 2.75) is 11.3 Å². The molecule has 6 heteroatoms. The summed E-state index contributed by atoms with van der Waals surface area (Å²) in [6, 6.07) is 57.4. The van der Waals surface area contributed by atoms with Gasteiger partial charge in [-0.15, -0.1) is 0 Å². The third kappa shape index (κ3) is 5.04. The van der Waals surface area contributed by atoms with Crippen molar-refractivity contribution in [1.29, 1.82) is 0 Å². The normalized spacial score (nSPS) is 16.1. The van der Waals surface area contributed by atoms with Crippen LogP contribution in [0.2, 0.25) is 0 Å². The maximum Gasteiger partial charge on any atom is 0.227 e. The van der Waals surface area contributed by atoms with Crippen LogP contribution in [-0.4, -0.2) is 22.8 Å². The molecule has 2 aliphatic heterocycles. The molecule has 0 bridgehead atoms. The van der Waals surface area contributed by atoms with Gasteiger partial charge in [-0.05, 0) is 12.1 Å². The van der Waals surface area contributed by atoms with Crippen LogP contribution in [0, 0.1) is 0 Å². The van der Waals surface area contributed by atoms with Crippen molar-refractivity contribution >= 4 is 54.7 Å². The minimum atomic E-state index is -1.36. The molecule has 2 aliphatic rings. The standard InChI is InChI=1S/C42H28Br2N4/c43-35-27-15-13-25-33(35)41(45-37(29-17-5-1-6-18-29)38(46-41)30-19-7-2-8-20-30)42(34-26-14-16-28-36(34)44)47-39(31-21-9-3-10-22-31)40(48-42)32-23-11-4-12-24-32/h1-28H. The van der Waals surface area contributed by atoms with Gasteiger partial charge < -0.3 is 0 Å². The van der Waals surface area contributed by atoms with Crippen molar-refractivity contribution in [3.63, 3.8) is 0 Å². The van der Waals surface area contributed by atoms with Gasteiger partial charge in [0.05, 0.1) is 22.8 Å². The first-order valence-corrected chi connectivity index (χ1v) is 17.3. The van der Waals surface area contributed by atoms with Crippen LogP contribution >= 0.6 is 31.9 Å². The Morgan fingerprint density at radius 1 is 0.292 bits per heavy atom. The highest BCUT2D eigenvalue weighted by Gasteiger charge is 2.61. The average Bonchev–Trinajstić information content (AvgIpc) is 3.76. The fourth-order valence-electron chi connectivity index (χ4n) is 6.51. The molecule has 0 amide bonds. The van der Waals surface area contributed by atoms with Crippen LogP contribution in [0.1, 0.15) is 33.4 Å². The van der Waals surface area contributed by atoms with E-state index in [0.29, 0.717) is 0 Å². The van der Waals surface area contributed by atoms with Crippen LogP contribution < -0.4 is 0 Å². The molecule has 0 spiro atoms. The number of hydrogen-bond donors (Lipinski definition) is 0. The van der Waals surface area contributed by atoms with E-state index in [4.69, 9.17) is 20.0 Å². The monoisotopic (exact) mass is 746 g/mol. The van der Waals surface area contributed by atoms with E-state index in [1.807, 2.05) is 109 Å². The van der Waals surface area contributed by atoms with Gasteiger partial charge in [-0.2, -0.15) is 0 Å². The third-order valence-electron chi connectivity index (χ3n) is 8.72. The molecule has 0 fully saturated rings. The van der Waals surface area contributed by atoms with Gasteiger partial charge in [-0.25, -0.2) is 20.0 Å². The van der Waals surface area contributed by atoms with Gasteiger partial charge in [0.15, 0.2) is 0 Å². The molecule has 0 N–H and O–H groups in total. The van der Waals surface area contributed by atoms with Gasteiger partial charge in [0, 0.05) is 42.3 Å². The Balaban J connectivity index is 1.56. The minimum absolute atomic E-state index is 0.781. The van der Waals surface area contributed by atoms with Crippen LogP contribution in [0.5, 0.6) is 0 Å². The van der Waals surface area contributed by atoms with Gasteiger partial charge in [-0.1, -0.05) is 190 Å². The molecule has 0 aliphatic carbocycles. The second-order valence-corrected chi connectivity index (χ2v) is 13.3. The first-order chi connectivity index (χ1) is 23.6. The molecule has 2 heterocycles. The Kier molecular flexibility index (Phi) is 7.91. The summed E-state index contributed by atoms with van der Waals surface area (Å²) in [5.41, 5.74) is 5.99. The Bertz CT molecular complexity index is 1970. The van der Waals surface area contributed by atoms with E-state index >= 15 is 0 Å². The molecule has 0 saturated carbocycles. The summed E-state index contributed by atoms with van der Waals surface area (Å²) in [6.07, 6.45) is 0. The van der Waals surface area contributed by atoms with Gasteiger partial charge in [0.1, 0.15) is 0 Å². The molecular formula is C42H28Br2N4. The van der Waals surface area contributed by atoms with Gasteiger partial charge >= 0.3 is 0 Å². The van der Waals surface area contributed by atoms with E-state index in [-0.39, 0.29) is 0 Å². The zero-order valence-corrected chi connectivity index (χ0v) is 28.9. The van der Waals surface area contributed by atoms with Crippen LogP contribution in [0.15, 0.2) is 199 Å². The number of rotatable bonds is 7. The summed E-state index contributed by atoms with van der Waals surface area (Å²) in [7, 11) is 0. The highest BCUT2D eigenvalue weighted by Crippen LogP contribution is 2.56. The lowest BCUT2D eigenvalue weighted by Crippen LogP contribution is -2.43. The highest BCUT2D eigenvalue weighted by atomic mass is 79.9. The van der Waals surface area contributed by atoms with Crippen molar-refractivity contribution < 1.29 is 0 Å². The lowest BCUT2D eigenvalue weighted by atomic mass is 9.82. The fraction of sp³-hybridized carbons (Fsp3) is 0.0476. The van der Waals surface area contributed by atoms with Gasteiger partial charge in [0.25, 0.3) is 0 Å². The molecule has 8 rings (SSSR count). The molecule has 4 nitrogen and oxygen atoms in total. The second kappa shape index (κ2) is 12.5. The summed E-state index contributed by atoms with van der Waals surface area (Å²) < 4.78 is 1.73. The van der Waals surface area contributed by atoms with Gasteiger partial charge in [0.2, 0.25) is 11.3 Å². The number of aliphatic imine (C=N–C) groups is 4. The van der Waals surface area contributed by atoms with E-state index in [9.17, 15) is 0 Å². The molecule has 6 aromatic carbocycles. The maximum absolute atomic E-state index is 5.75. The first-order valence-electron chi connectivity index (χ1n) is 15.7. The Hall–Kier alpha value is -5.04. The zero-order chi connectivity index (χ0) is 32.6. The average molecular weight is 749 g/mol. The smallest absolute Gasteiger partial charge is 0.227 e. The number of benzene rings is 6. The van der Waals surface area contributed by atoms with Crippen molar-refractivity contribution in [3.05, 3.63) is 212 Å². The van der Waals surface area contributed by atoms with E-state index in [1.165, 1.54) is 0 Å².